The fourth-order valence-corrected chi connectivity index (χ4v) is 2.09. The number of nitrogens with zero attached hydrogens (tertiary/aromatic N) is 2. The third kappa shape index (κ3) is 2.64. The Morgan fingerprint density at radius 1 is 1.47 bits per heavy atom. The van der Waals surface area contributed by atoms with Gasteiger partial charge in [0.1, 0.15) is 0 Å². The summed E-state index contributed by atoms with van der Waals surface area (Å²) in [6, 6.07) is 6.27. The minimum absolute atomic E-state index is 0.297. The second kappa shape index (κ2) is 5.00. The molecule has 0 radical (unpaired) electrons. The van der Waals surface area contributed by atoms with Gasteiger partial charge >= 0.3 is 0 Å². The highest BCUT2D eigenvalue weighted by Crippen LogP contribution is 2.22. The summed E-state index contributed by atoms with van der Waals surface area (Å²) in [5.41, 5.74) is 3.31. The summed E-state index contributed by atoms with van der Waals surface area (Å²) in [6.07, 6.45) is 6.97. The maximum atomic E-state index is 4.33. The van der Waals surface area contributed by atoms with Crippen LogP contribution in [0.4, 0.5) is 0 Å². The molecule has 1 aliphatic heterocycles. The van der Waals surface area contributed by atoms with Crippen molar-refractivity contribution in [1.29, 1.82) is 0 Å². The van der Waals surface area contributed by atoms with E-state index in [-0.39, 0.29) is 0 Å². The molecule has 17 heavy (non-hydrogen) atoms. The molecular weight excluding hydrogens is 208 g/mol. The maximum Gasteiger partial charge on any atom is 0.0682 e. The van der Waals surface area contributed by atoms with Crippen LogP contribution in [0.1, 0.15) is 12.6 Å². The zero-order valence-corrected chi connectivity index (χ0v) is 10.3. The zero-order chi connectivity index (χ0) is 12.3. The first-order valence-corrected chi connectivity index (χ1v) is 5.85. The van der Waals surface area contributed by atoms with Crippen molar-refractivity contribution in [3.63, 3.8) is 0 Å². The Balaban J connectivity index is 2.04. The minimum atomic E-state index is 0.297. The van der Waals surface area contributed by atoms with Gasteiger partial charge in [-0.05, 0) is 19.1 Å². The molecule has 2 rings (SSSR count). The van der Waals surface area contributed by atoms with Crippen LogP contribution < -0.4 is 0 Å². The number of rotatable bonds is 4. The topological polar surface area (TPSA) is 16.1 Å². The summed E-state index contributed by atoms with van der Waals surface area (Å²) >= 11 is 0. The summed E-state index contributed by atoms with van der Waals surface area (Å²) < 4.78 is 0. The van der Waals surface area contributed by atoms with E-state index in [0.717, 1.165) is 29.9 Å². The van der Waals surface area contributed by atoms with E-state index in [1.165, 1.54) is 0 Å². The van der Waals surface area contributed by atoms with Crippen LogP contribution in [0.2, 0.25) is 0 Å². The quantitative estimate of drug-likeness (QED) is 0.734. The number of hydrogen-bond acceptors (Lipinski definition) is 2. The molecule has 0 spiro atoms. The average Bonchev–Trinajstić information content (AvgIpc) is 2.79. The highest BCUT2D eigenvalue weighted by molar-refractivity contribution is 5.24. The van der Waals surface area contributed by atoms with Crippen LogP contribution in [-0.2, 0) is 6.42 Å². The molecule has 88 valence electrons. The maximum absolute atomic E-state index is 4.33. The van der Waals surface area contributed by atoms with Gasteiger partial charge in [-0.25, -0.2) is 0 Å². The smallest absolute Gasteiger partial charge is 0.0682 e. The Kier molecular flexibility index (Phi) is 3.43. The fraction of sp³-hybridized carbons (Fsp3) is 0.267. The van der Waals surface area contributed by atoms with Crippen LogP contribution >= 0.6 is 0 Å². The molecular formula is C15H18N2. The second-order valence-electron chi connectivity index (χ2n) is 4.44. The first-order chi connectivity index (χ1) is 8.18. The third-order valence-electron chi connectivity index (χ3n) is 2.98. The van der Waals surface area contributed by atoms with Crippen LogP contribution in [0.5, 0.6) is 0 Å². The Hall–Kier alpha value is -1.83. The van der Waals surface area contributed by atoms with Crippen LogP contribution in [-0.4, -0.2) is 22.5 Å². The highest BCUT2D eigenvalue weighted by Gasteiger charge is 2.21. The third-order valence-corrected chi connectivity index (χ3v) is 2.98. The van der Waals surface area contributed by atoms with E-state index in [4.69, 9.17) is 0 Å². The molecule has 1 aliphatic rings. The highest BCUT2D eigenvalue weighted by atomic mass is 15.2. The lowest BCUT2D eigenvalue weighted by molar-refractivity contribution is 0.368. The van der Waals surface area contributed by atoms with E-state index in [0.29, 0.717) is 6.04 Å². The molecule has 0 N–H and O–H groups in total. The molecule has 0 bridgehead atoms. The van der Waals surface area contributed by atoms with Crippen molar-refractivity contribution in [3.8, 4) is 0 Å². The van der Waals surface area contributed by atoms with Gasteiger partial charge in [0.2, 0.25) is 0 Å². The van der Waals surface area contributed by atoms with E-state index in [2.05, 4.69) is 42.1 Å². The van der Waals surface area contributed by atoms with Crippen molar-refractivity contribution in [2.24, 2.45) is 0 Å². The van der Waals surface area contributed by atoms with Crippen LogP contribution in [0.15, 0.2) is 61.0 Å². The molecule has 1 unspecified atom stereocenters. The molecule has 0 aromatic carbocycles. The van der Waals surface area contributed by atoms with Gasteiger partial charge in [-0.3, -0.25) is 4.98 Å². The number of allylic oxidation sites excluding steroid dienone is 1. The summed E-state index contributed by atoms with van der Waals surface area (Å²) in [7, 11) is 0. The van der Waals surface area contributed by atoms with E-state index in [9.17, 15) is 0 Å². The van der Waals surface area contributed by atoms with Crippen molar-refractivity contribution in [2.45, 2.75) is 19.4 Å². The molecule has 0 amide bonds. The van der Waals surface area contributed by atoms with Crippen molar-refractivity contribution in [2.75, 3.05) is 6.54 Å². The largest absolute Gasteiger partial charge is 0.361 e. The number of aromatic nitrogens is 1. The molecule has 0 saturated carbocycles. The second-order valence-corrected chi connectivity index (χ2v) is 4.44. The van der Waals surface area contributed by atoms with Gasteiger partial charge in [0.05, 0.1) is 6.04 Å². The normalized spacial score (nSPS) is 18.4. The number of hydrogen-bond donors (Lipinski definition) is 0. The summed E-state index contributed by atoms with van der Waals surface area (Å²) in [5.74, 6) is 0. The van der Waals surface area contributed by atoms with E-state index >= 15 is 0 Å². The Morgan fingerprint density at radius 2 is 2.29 bits per heavy atom. The Morgan fingerprint density at radius 3 is 2.94 bits per heavy atom. The first kappa shape index (κ1) is 11.6. The van der Waals surface area contributed by atoms with Crippen molar-refractivity contribution in [3.05, 3.63) is 66.7 Å². The van der Waals surface area contributed by atoms with Gasteiger partial charge in [0, 0.05) is 30.6 Å². The molecule has 2 nitrogen and oxygen atoms in total. The lowest BCUT2D eigenvalue weighted by Crippen LogP contribution is -2.30. The first-order valence-electron chi connectivity index (χ1n) is 5.85. The standard InChI is InChI=1S/C15H18N2/c1-12(2)15-8-6-10-17(15)13(3)11-14-7-4-5-9-16-14/h4-9,15H,1,3,10-11H2,2H3. The molecule has 1 aromatic rings. The number of pyridine rings is 1. The van der Waals surface area contributed by atoms with E-state index in [1.54, 1.807) is 0 Å². The monoisotopic (exact) mass is 226 g/mol. The predicted molar refractivity (Wildman–Crippen MR) is 71.5 cm³/mol. The molecule has 0 fully saturated rings. The zero-order valence-electron chi connectivity index (χ0n) is 10.3. The molecule has 0 saturated heterocycles. The van der Waals surface area contributed by atoms with Gasteiger partial charge < -0.3 is 4.90 Å². The van der Waals surface area contributed by atoms with Gasteiger partial charge in [-0.2, -0.15) is 0 Å². The van der Waals surface area contributed by atoms with Crippen LogP contribution in [0, 0.1) is 0 Å². The average molecular weight is 226 g/mol. The molecule has 2 heterocycles. The van der Waals surface area contributed by atoms with Crippen LogP contribution in [0.3, 0.4) is 0 Å². The minimum Gasteiger partial charge on any atom is -0.361 e. The molecule has 1 aromatic heterocycles. The predicted octanol–water partition coefficient (Wildman–Crippen LogP) is 2.95. The SMILES string of the molecule is C=C(C)C1C=CCN1C(=C)Cc1ccccn1. The summed E-state index contributed by atoms with van der Waals surface area (Å²) in [5, 5.41) is 0. The van der Waals surface area contributed by atoms with E-state index in [1.807, 2.05) is 24.4 Å². The lowest BCUT2D eigenvalue weighted by atomic mass is 10.1. The Bertz CT molecular complexity index is 445. The fourth-order valence-electron chi connectivity index (χ4n) is 2.09. The molecule has 2 heteroatoms. The Labute approximate surface area is 103 Å². The van der Waals surface area contributed by atoms with Crippen LogP contribution in [0.25, 0.3) is 0 Å². The van der Waals surface area contributed by atoms with Gasteiger partial charge in [0.15, 0.2) is 0 Å². The van der Waals surface area contributed by atoms with Crippen molar-refractivity contribution in [1.82, 2.24) is 9.88 Å². The van der Waals surface area contributed by atoms with Gasteiger partial charge in [-0.1, -0.05) is 36.9 Å². The molecule has 0 aliphatic carbocycles. The van der Waals surface area contributed by atoms with Crippen molar-refractivity contribution < 1.29 is 0 Å². The van der Waals surface area contributed by atoms with Crippen molar-refractivity contribution >= 4 is 0 Å². The van der Waals surface area contributed by atoms with Gasteiger partial charge in [0.25, 0.3) is 0 Å². The van der Waals surface area contributed by atoms with Gasteiger partial charge in [-0.15, -0.1) is 0 Å². The summed E-state index contributed by atoms with van der Waals surface area (Å²) in [6.45, 7) is 11.2. The molecule has 1 atom stereocenters. The van der Waals surface area contributed by atoms with E-state index < -0.39 is 0 Å². The summed E-state index contributed by atoms with van der Waals surface area (Å²) in [4.78, 5) is 6.60. The lowest BCUT2D eigenvalue weighted by Gasteiger charge is -2.28.